The average Bonchev–Trinajstić information content (AvgIpc) is 3.16. The molecule has 1 saturated carbocycles. The summed E-state index contributed by atoms with van der Waals surface area (Å²) in [6.45, 7) is 2.16. The lowest BCUT2D eigenvalue weighted by Crippen LogP contribution is -2.56. The molecule has 2 fully saturated rings. The normalized spacial score (nSPS) is 27.2. The van der Waals surface area contributed by atoms with Crippen LogP contribution in [0.15, 0.2) is 24.3 Å². The monoisotopic (exact) mass is 346 g/mol. The number of carbonyl (C=O) groups excluding carboxylic acids is 1. The van der Waals surface area contributed by atoms with Crippen molar-refractivity contribution in [1.82, 2.24) is 9.80 Å². The Bertz CT molecular complexity index is 586. The van der Waals surface area contributed by atoms with E-state index in [1.807, 2.05) is 31.3 Å². The van der Waals surface area contributed by atoms with Gasteiger partial charge >= 0.3 is 0 Å². The van der Waals surface area contributed by atoms with Crippen molar-refractivity contribution in [3.8, 4) is 5.75 Å². The van der Waals surface area contributed by atoms with Gasteiger partial charge in [-0.3, -0.25) is 9.69 Å². The van der Waals surface area contributed by atoms with Crippen molar-refractivity contribution in [2.24, 2.45) is 0 Å². The lowest BCUT2D eigenvalue weighted by Gasteiger charge is -2.43. The van der Waals surface area contributed by atoms with E-state index in [2.05, 4.69) is 4.90 Å². The van der Waals surface area contributed by atoms with Gasteiger partial charge in [-0.05, 0) is 62.9 Å². The minimum Gasteiger partial charge on any atom is -0.497 e. The number of hydrogen-bond donors (Lipinski definition) is 1. The van der Waals surface area contributed by atoms with Crippen molar-refractivity contribution in [2.45, 2.75) is 56.7 Å². The van der Waals surface area contributed by atoms with Gasteiger partial charge in [0.2, 0.25) is 5.91 Å². The predicted molar refractivity (Wildman–Crippen MR) is 97.7 cm³/mol. The maximum atomic E-state index is 12.7. The molecule has 25 heavy (non-hydrogen) atoms. The van der Waals surface area contributed by atoms with Crippen molar-refractivity contribution in [3.63, 3.8) is 0 Å². The maximum Gasteiger partial charge on any atom is 0.227 e. The Hall–Kier alpha value is -1.59. The molecule has 1 N–H and O–H groups in total. The minimum atomic E-state index is -0.453. The SMILES string of the molecule is COc1cccc(CC(=O)N(C)[C@@H]2CCC[C@@H](N3CCCC3)[C@@H]2O)c1. The van der Waals surface area contributed by atoms with Crippen molar-refractivity contribution in [3.05, 3.63) is 29.8 Å². The summed E-state index contributed by atoms with van der Waals surface area (Å²) in [5.41, 5.74) is 0.942. The molecule has 3 atom stereocenters. The minimum absolute atomic E-state index is 0.0550. The van der Waals surface area contributed by atoms with Crippen LogP contribution in [0.25, 0.3) is 0 Å². The van der Waals surface area contributed by atoms with E-state index in [-0.39, 0.29) is 18.0 Å². The maximum absolute atomic E-state index is 12.7. The van der Waals surface area contributed by atoms with Crippen LogP contribution in [-0.2, 0) is 11.2 Å². The highest BCUT2D eigenvalue weighted by Crippen LogP contribution is 2.29. The third kappa shape index (κ3) is 4.15. The largest absolute Gasteiger partial charge is 0.497 e. The van der Waals surface area contributed by atoms with Gasteiger partial charge in [0.15, 0.2) is 0 Å². The fraction of sp³-hybridized carbons (Fsp3) is 0.650. The Morgan fingerprint density at radius 3 is 2.76 bits per heavy atom. The van der Waals surface area contributed by atoms with Crippen molar-refractivity contribution < 1.29 is 14.6 Å². The van der Waals surface area contributed by atoms with E-state index in [0.29, 0.717) is 6.42 Å². The Morgan fingerprint density at radius 2 is 2.04 bits per heavy atom. The molecule has 1 heterocycles. The standard InChI is InChI=1S/C20H30N2O3/c1-21(19(23)14-15-7-5-8-16(13-15)25-2)17-9-6-10-18(20(17)24)22-11-3-4-12-22/h5,7-8,13,17-18,20,24H,3-4,6,9-12,14H2,1-2H3/t17-,18-,20-/m1/s1. The molecule has 0 bridgehead atoms. The van der Waals surface area contributed by atoms with Crippen LogP contribution < -0.4 is 4.74 Å². The summed E-state index contributed by atoms with van der Waals surface area (Å²) in [7, 11) is 3.46. The number of likely N-dealkylation sites (N-methyl/N-ethyl adjacent to an activating group) is 1. The molecule has 0 unspecified atom stereocenters. The summed E-state index contributed by atoms with van der Waals surface area (Å²) in [4.78, 5) is 16.9. The van der Waals surface area contributed by atoms with Gasteiger partial charge in [-0.2, -0.15) is 0 Å². The van der Waals surface area contributed by atoms with Crippen LogP contribution in [0.5, 0.6) is 5.75 Å². The number of rotatable bonds is 5. The Labute approximate surface area is 150 Å². The van der Waals surface area contributed by atoms with Crippen LogP contribution in [0.2, 0.25) is 0 Å². The quantitative estimate of drug-likeness (QED) is 0.887. The molecule has 5 heteroatoms. The summed E-state index contributed by atoms with van der Waals surface area (Å²) >= 11 is 0. The number of aliphatic hydroxyl groups is 1. The van der Waals surface area contributed by atoms with Crippen LogP contribution >= 0.6 is 0 Å². The molecular weight excluding hydrogens is 316 g/mol. The Morgan fingerprint density at radius 1 is 1.28 bits per heavy atom. The predicted octanol–water partition coefficient (Wildman–Crippen LogP) is 2.07. The zero-order chi connectivity index (χ0) is 17.8. The topological polar surface area (TPSA) is 53.0 Å². The van der Waals surface area contributed by atoms with Gasteiger partial charge in [0.1, 0.15) is 5.75 Å². The second-order valence-electron chi connectivity index (χ2n) is 7.33. The molecule has 1 aromatic carbocycles. The zero-order valence-electron chi connectivity index (χ0n) is 15.4. The number of aliphatic hydroxyl groups excluding tert-OH is 1. The van der Waals surface area contributed by atoms with Gasteiger partial charge in [0.25, 0.3) is 0 Å². The van der Waals surface area contributed by atoms with E-state index in [1.165, 1.54) is 12.8 Å². The molecule has 138 valence electrons. The summed E-state index contributed by atoms with van der Waals surface area (Å²) in [5, 5.41) is 10.9. The molecule has 1 saturated heterocycles. The van der Waals surface area contributed by atoms with Gasteiger partial charge in [-0.15, -0.1) is 0 Å². The highest BCUT2D eigenvalue weighted by Gasteiger charge is 2.39. The highest BCUT2D eigenvalue weighted by molar-refractivity contribution is 5.79. The van der Waals surface area contributed by atoms with Gasteiger partial charge < -0.3 is 14.7 Å². The fourth-order valence-electron chi connectivity index (χ4n) is 4.30. The van der Waals surface area contributed by atoms with Gasteiger partial charge in [0.05, 0.1) is 25.7 Å². The third-order valence-electron chi connectivity index (χ3n) is 5.78. The average molecular weight is 346 g/mol. The van der Waals surface area contributed by atoms with E-state index in [9.17, 15) is 9.90 Å². The number of hydrogen-bond acceptors (Lipinski definition) is 4. The molecule has 0 radical (unpaired) electrons. The molecule has 1 aromatic rings. The summed E-state index contributed by atoms with van der Waals surface area (Å²) < 4.78 is 5.23. The first-order valence-corrected chi connectivity index (χ1v) is 9.41. The molecule has 1 aliphatic heterocycles. The summed E-state index contributed by atoms with van der Waals surface area (Å²) in [6, 6.07) is 7.74. The number of benzene rings is 1. The summed E-state index contributed by atoms with van der Waals surface area (Å²) in [5.74, 6) is 0.819. The molecule has 1 amide bonds. The van der Waals surface area contributed by atoms with Crippen LogP contribution in [0.1, 0.15) is 37.7 Å². The molecule has 0 aromatic heterocycles. The lowest BCUT2D eigenvalue weighted by atomic mass is 9.86. The smallest absolute Gasteiger partial charge is 0.227 e. The number of likely N-dealkylation sites (tertiary alicyclic amines) is 1. The van der Waals surface area contributed by atoms with Crippen LogP contribution in [0, 0.1) is 0 Å². The highest BCUT2D eigenvalue weighted by atomic mass is 16.5. The van der Waals surface area contributed by atoms with Gasteiger partial charge in [-0.1, -0.05) is 12.1 Å². The molecule has 2 aliphatic rings. The van der Waals surface area contributed by atoms with E-state index in [4.69, 9.17) is 4.74 Å². The fourth-order valence-corrected chi connectivity index (χ4v) is 4.30. The van der Waals surface area contributed by atoms with Crippen LogP contribution in [0.4, 0.5) is 0 Å². The Kier molecular flexibility index (Phi) is 5.97. The first-order valence-electron chi connectivity index (χ1n) is 9.41. The molecule has 5 nitrogen and oxygen atoms in total. The first-order chi connectivity index (χ1) is 12.1. The zero-order valence-corrected chi connectivity index (χ0v) is 15.4. The molecular formula is C20H30N2O3. The van der Waals surface area contributed by atoms with Crippen LogP contribution in [0.3, 0.4) is 0 Å². The van der Waals surface area contributed by atoms with Crippen LogP contribution in [-0.4, -0.2) is 66.2 Å². The first kappa shape index (κ1) is 18.2. The number of amides is 1. The molecule has 1 aliphatic carbocycles. The van der Waals surface area contributed by atoms with E-state index < -0.39 is 6.10 Å². The number of nitrogens with zero attached hydrogens (tertiary/aromatic N) is 2. The second kappa shape index (κ2) is 8.19. The van der Waals surface area contributed by atoms with E-state index in [0.717, 1.165) is 43.7 Å². The van der Waals surface area contributed by atoms with Gasteiger partial charge in [0, 0.05) is 13.1 Å². The number of methoxy groups -OCH3 is 1. The molecule has 3 rings (SSSR count). The Balaban J connectivity index is 1.64. The number of carbonyl (C=O) groups is 1. The van der Waals surface area contributed by atoms with E-state index in [1.54, 1.807) is 12.0 Å². The van der Waals surface area contributed by atoms with Crippen molar-refractivity contribution >= 4 is 5.91 Å². The third-order valence-corrected chi connectivity index (χ3v) is 5.78. The summed E-state index contributed by atoms with van der Waals surface area (Å²) in [6.07, 6.45) is 5.31. The van der Waals surface area contributed by atoms with Gasteiger partial charge in [-0.25, -0.2) is 0 Å². The molecule has 0 spiro atoms. The lowest BCUT2D eigenvalue weighted by molar-refractivity contribution is -0.136. The van der Waals surface area contributed by atoms with Crippen molar-refractivity contribution in [1.29, 1.82) is 0 Å². The van der Waals surface area contributed by atoms with Crippen molar-refractivity contribution in [2.75, 3.05) is 27.2 Å². The number of ether oxygens (including phenoxy) is 1. The second-order valence-corrected chi connectivity index (χ2v) is 7.33. The van der Waals surface area contributed by atoms with E-state index >= 15 is 0 Å².